The number of benzene rings is 2. The Kier molecular flexibility index (Phi) is 5.05. The molecule has 0 spiro atoms. The van der Waals surface area contributed by atoms with Gasteiger partial charge in [0.15, 0.2) is 0 Å². The molecule has 1 aliphatic heterocycles. The lowest BCUT2D eigenvalue weighted by molar-refractivity contribution is 0.584. The SMILES string of the molecule is Cn1nc(-c2cc(F)cc(F)c2)c2c1NCCSC2c1ccc(Cl)cc1Cl. The maximum atomic E-state index is 13.8. The molecule has 1 aromatic heterocycles. The zero-order valence-corrected chi connectivity index (χ0v) is 16.6. The smallest absolute Gasteiger partial charge is 0.129 e. The zero-order valence-electron chi connectivity index (χ0n) is 14.3. The summed E-state index contributed by atoms with van der Waals surface area (Å²) in [5.41, 5.74) is 2.67. The second-order valence-corrected chi connectivity index (χ2v) is 8.29. The van der Waals surface area contributed by atoms with Crippen LogP contribution in [-0.4, -0.2) is 22.1 Å². The Hall–Kier alpha value is -1.76. The minimum Gasteiger partial charge on any atom is -0.369 e. The number of aryl methyl sites for hydroxylation is 1. The van der Waals surface area contributed by atoms with Crippen molar-refractivity contribution in [1.82, 2.24) is 9.78 Å². The van der Waals surface area contributed by atoms with Gasteiger partial charge in [-0.2, -0.15) is 5.10 Å². The molecule has 0 aliphatic carbocycles. The first kappa shape index (κ1) is 18.6. The van der Waals surface area contributed by atoms with E-state index in [1.807, 2.05) is 13.1 Å². The van der Waals surface area contributed by atoms with Gasteiger partial charge in [0.05, 0.1) is 10.9 Å². The van der Waals surface area contributed by atoms with Crippen molar-refractivity contribution in [2.24, 2.45) is 7.05 Å². The summed E-state index contributed by atoms with van der Waals surface area (Å²) in [7, 11) is 1.81. The summed E-state index contributed by atoms with van der Waals surface area (Å²) in [6.07, 6.45) is 0. The molecular formula is C19H15Cl2F2N3S. The van der Waals surface area contributed by atoms with Crippen LogP contribution in [0.4, 0.5) is 14.6 Å². The second kappa shape index (κ2) is 7.34. The van der Waals surface area contributed by atoms with Crippen LogP contribution < -0.4 is 5.32 Å². The third kappa shape index (κ3) is 3.53. The highest BCUT2D eigenvalue weighted by Gasteiger charge is 2.30. The van der Waals surface area contributed by atoms with Crippen LogP contribution in [0.25, 0.3) is 11.3 Å². The number of fused-ring (bicyclic) bond motifs is 1. The number of nitrogens with zero attached hydrogens (tertiary/aromatic N) is 2. The molecule has 0 saturated heterocycles. The van der Waals surface area contributed by atoms with Gasteiger partial charge in [-0.25, -0.2) is 8.78 Å². The first-order chi connectivity index (χ1) is 12.9. The van der Waals surface area contributed by atoms with Gasteiger partial charge in [0.1, 0.15) is 17.5 Å². The van der Waals surface area contributed by atoms with Crippen molar-refractivity contribution < 1.29 is 8.78 Å². The molecule has 0 fully saturated rings. The van der Waals surface area contributed by atoms with Gasteiger partial charge in [-0.1, -0.05) is 29.3 Å². The summed E-state index contributed by atoms with van der Waals surface area (Å²) in [5, 5.41) is 8.87. The highest BCUT2D eigenvalue weighted by molar-refractivity contribution is 7.99. The molecule has 8 heteroatoms. The van der Waals surface area contributed by atoms with E-state index in [1.165, 1.54) is 12.1 Å². The normalized spacial score (nSPS) is 16.6. The molecule has 0 amide bonds. The molecule has 27 heavy (non-hydrogen) atoms. The predicted molar refractivity (Wildman–Crippen MR) is 108 cm³/mol. The van der Waals surface area contributed by atoms with Crippen LogP contribution in [0.15, 0.2) is 36.4 Å². The molecule has 1 aliphatic rings. The summed E-state index contributed by atoms with van der Waals surface area (Å²) in [5.74, 6) is 0.380. The van der Waals surface area contributed by atoms with E-state index < -0.39 is 11.6 Å². The van der Waals surface area contributed by atoms with Gasteiger partial charge in [0.2, 0.25) is 0 Å². The Bertz CT molecular complexity index is 1000. The highest BCUT2D eigenvalue weighted by Crippen LogP contribution is 2.47. The average Bonchev–Trinajstić information content (AvgIpc) is 2.78. The van der Waals surface area contributed by atoms with E-state index in [-0.39, 0.29) is 5.25 Å². The number of aromatic nitrogens is 2. The summed E-state index contributed by atoms with van der Waals surface area (Å²) >= 11 is 14.2. The van der Waals surface area contributed by atoms with Crippen LogP contribution in [0, 0.1) is 11.6 Å². The molecule has 1 unspecified atom stereocenters. The minimum atomic E-state index is -0.639. The van der Waals surface area contributed by atoms with Crippen LogP contribution in [0.5, 0.6) is 0 Å². The molecule has 0 bridgehead atoms. The molecular weight excluding hydrogens is 411 g/mol. The molecule has 4 rings (SSSR count). The van der Waals surface area contributed by atoms with Gasteiger partial charge in [-0.05, 0) is 29.8 Å². The van der Waals surface area contributed by atoms with Gasteiger partial charge < -0.3 is 5.32 Å². The number of thioether (sulfide) groups is 1. The van der Waals surface area contributed by atoms with Crippen molar-refractivity contribution >= 4 is 40.8 Å². The summed E-state index contributed by atoms with van der Waals surface area (Å²) < 4.78 is 29.4. The lowest BCUT2D eigenvalue weighted by Crippen LogP contribution is -2.06. The highest BCUT2D eigenvalue weighted by atomic mass is 35.5. The molecule has 3 nitrogen and oxygen atoms in total. The largest absolute Gasteiger partial charge is 0.369 e. The third-order valence-electron chi connectivity index (χ3n) is 4.41. The molecule has 1 atom stereocenters. The monoisotopic (exact) mass is 425 g/mol. The second-order valence-electron chi connectivity index (χ2n) is 6.24. The van der Waals surface area contributed by atoms with Crippen molar-refractivity contribution in [3.05, 3.63) is 69.2 Å². The lowest BCUT2D eigenvalue weighted by atomic mass is 9.99. The van der Waals surface area contributed by atoms with Crippen LogP contribution in [0.3, 0.4) is 0 Å². The first-order valence-electron chi connectivity index (χ1n) is 8.28. The van der Waals surface area contributed by atoms with Crippen LogP contribution in [0.1, 0.15) is 16.4 Å². The Labute approximate surface area is 169 Å². The maximum Gasteiger partial charge on any atom is 0.129 e. The van der Waals surface area contributed by atoms with Crippen molar-refractivity contribution in [2.45, 2.75) is 5.25 Å². The number of halogens is 4. The fourth-order valence-electron chi connectivity index (χ4n) is 3.29. The average molecular weight is 426 g/mol. The van der Waals surface area contributed by atoms with E-state index in [0.717, 1.165) is 35.3 Å². The molecule has 0 saturated carbocycles. The van der Waals surface area contributed by atoms with E-state index in [9.17, 15) is 8.78 Å². The predicted octanol–water partition coefficient (Wildman–Crippen LogP) is 5.92. The fraction of sp³-hybridized carbons (Fsp3) is 0.211. The first-order valence-corrected chi connectivity index (χ1v) is 10.1. The third-order valence-corrected chi connectivity index (χ3v) is 6.23. The fourth-order valence-corrected chi connectivity index (χ4v) is 5.10. The Morgan fingerprint density at radius 2 is 1.89 bits per heavy atom. The molecule has 1 N–H and O–H groups in total. The van der Waals surface area contributed by atoms with E-state index in [1.54, 1.807) is 28.6 Å². The van der Waals surface area contributed by atoms with E-state index in [0.29, 0.717) is 21.3 Å². The summed E-state index contributed by atoms with van der Waals surface area (Å²) in [6.45, 7) is 0.746. The lowest BCUT2D eigenvalue weighted by Gasteiger charge is -2.18. The number of hydrogen-bond acceptors (Lipinski definition) is 3. The number of rotatable bonds is 2. The van der Waals surface area contributed by atoms with E-state index in [4.69, 9.17) is 23.2 Å². The van der Waals surface area contributed by atoms with Crippen LogP contribution in [-0.2, 0) is 7.05 Å². The molecule has 3 aromatic rings. The van der Waals surface area contributed by atoms with E-state index >= 15 is 0 Å². The van der Waals surface area contributed by atoms with E-state index in [2.05, 4.69) is 10.4 Å². The molecule has 2 heterocycles. The standard InChI is InChI=1S/C19H15Cl2F2N3S/c1-26-19-16(17(25-26)10-6-12(22)9-13(23)7-10)18(27-5-4-24-19)14-3-2-11(20)8-15(14)21/h2-3,6-9,18,24H,4-5H2,1H3. The van der Waals surface area contributed by atoms with Gasteiger partial charge in [-0.3, -0.25) is 4.68 Å². The van der Waals surface area contributed by atoms with Gasteiger partial charge in [-0.15, -0.1) is 11.8 Å². The van der Waals surface area contributed by atoms with Crippen molar-refractivity contribution in [3.8, 4) is 11.3 Å². The number of nitrogens with one attached hydrogen (secondary N) is 1. The summed E-state index contributed by atoms with van der Waals surface area (Å²) in [6, 6.07) is 8.82. The van der Waals surface area contributed by atoms with Crippen molar-refractivity contribution in [1.29, 1.82) is 0 Å². The molecule has 2 aromatic carbocycles. The van der Waals surface area contributed by atoms with Crippen LogP contribution >= 0.6 is 35.0 Å². The zero-order chi connectivity index (χ0) is 19.1. The number of anilines is 1. The number of hydrogen-bond donors (Lipinski definition) is 1. The van der Waals surface area contributed by atoms with Crippen LogP contribution in [0.2, 0.25) is 10.0 Å². The molecule has 140 valence electrons. The summed E-state index contributed by atoms with van der Waals surface area (Å²) in [4.78, 5) is 0. The Morgan fingerprint density at radius 3 is 2.59 bits per heavy atom. The van der Waals surface area contributed by atoms with Crippen molar-refractivity contribution in [2.75, 3.05) is 17.6 Å². The Morgan fingerprint density at radius 1 is 1.15 bits per heavy atom. The van der Waals surface area contributed by atoms with Gasteiger partial charge in [0.25, 0.3) is 0 Å². The van der Waals surface area contributed by atoms with Gasteiger partial charge in [0, 0.05) is 46.6 Å². The van der Waals surface area contributed by atoms with Gasteiger partial charge >= 0.3 is 0 Å². The Balaban J connectivity index is 1.94. The van der Waals surface area contributed by atoms with Crippen molar-refractivity contribution in [3.63, 3.8) is 0 Å². The quantitative estimate of drug-likeness (QED) is 0.552. The minimum absolute atomic E-state index is 0.144. The topological polar surface area (TPSA) is 29.9 Å². The maximum absolute atomic E-state index is 13.8. The molecule has 0 radical (unpaired) electrons.